The molecule has 1 aromatic heterocycles. The first kappa shape index (κ1) is 9.19. The quantitative estimate of drug-likeness (QED) is 0.708. The van der Waals surface area contributed by atoms with Crippen LogP contribution in [0, 0.1) is 5.41 Å². The minimum Gasteiger partial charge on any atom is -0.330 e. The predicted molar refractivity (Wildman–Crippen MR) is 47.5 cm³/mol. The van der Waals surface area contributed by atoms with Crippen molar-refractivity contribution in [2.45, 2.75) is 20.3 Å². The van der Waals surface area contributed by atoms with Crippen molar-refractivity contribution in [3.8, 4) is 0 Å². The molecule has 4 heteroatoms. The number of rotatable bonds is 3. The van der Waals surface area contributed by atoms with Crippen LogP contribution in [0.2, 0.25) is 0 Å². The van der Waals surface area contributed by atoms with Crippen LogP contribution < -0.4 is 5.73 Å². The highest BCUT2D eigenvalue weighted by molar-refractivity contribution is 4.97. The van der Waals surface area contributed by atoms with Crippen molar-refractivity contribution in [2.75, 3.05) is 6.54 Å². The van der Waals surface area contributed by atoms with E-state index in [1.54, 1.807) is 10.9 Å². The first-order valence-electron chi connectivity index (χ1n) is 4.09. The third kappa shape index (κ3) is 2.04. The molecule has 0 atom stereocenters. The predicted octanol–water partition coefficient (Wildman–Crippen LogP) is 0.342. The lowest BCUT2D eigenvalue weighted by molar-refractivity contribution is 0.366. The third-order valence-electron chi connectivity index (χ3n) is 2.02. The van der Waals surface area contributed by atoms with Crippen molar-refractivity contribution < 1.29 is 0 Å². The molecule has 1 aromatic rings. The molecule has 0 spiro atoms. The summed E-state index contributed by atoms with van der Waals surface area (Å²) >= 11 is 0. The van der Waals surface area contributed by atoms with E-state index in [9.17, 15) is 0 Å². The summed E-state index contributed by atoms with van der Waals surface area (Å²) in [4.78, 5) is 0. The second kappa shape index (κ2) is 3.23. The molecule has 0 radical (unpaired) electrons. The fraction of sp³-hybridized carbons (Fsp3) is 0.750. The zero-order valence-corrected chi connectivity index (χ0v) is 7.91. The molecule has 0 aromatic carbocycles. The molecule has 0 saturated heterocycles. The van der Waals surface area contributed by atoms with Crippen molar-refractivity contribution in [1.82, 2.24) is 15.0 Å². The fourth-order valence-electron chi connectivity index (χ4n) is 1.03. The average molecular weight is 168 g/mol. The van der Waals surface area contributed by atoms with Gasteiger partial charge in [0.25, 0.3) is 0 Å². The summed E-state index contributed by atoms with van der Waals surface area (Å²) in [5, 5.41) is 7.67. The molecule has 0 aliphatic carbocycles. The largest absolute Gasteiger partial charge is 0.330 e. The minimum atomic E-state index is 0.134. The molecule has 1 rings (SSSR count). The van der Waals surface area contributed by atoms with Gasteiger partial charge in [-0.15, -0.1) is 5.10 Å². The molecule has 68 valence electrons. The van der Waals surface area contributed by atoms with Crippen molar-refractivity contribution in [3.63, 3.8) is 0 Å². The summed E-state index contributed by atoms with van der Waals surface area (Å²) in [7, 11) is 1.90. The van der Waals surface area contributed by atoms with Crippen molar-refractivity contribution in [3.05, 3.63) is 11.9 Å². The summed E-state index contributed by atoms with van der Waals surface area (Å²) in [6.45, 7) is 4.96. The van der Waals surface area contributed by atoms with Gasteiger partial charge in [-0.3, -0.25) is 4.68 Å². The van der Waals surface area contributed by atoms with Crippen LogP contribution in [0.5, 0.6) is 0 Å². The van der Waals surface area contributed by atoms with Gasteiger partial charge in [0, 0.05) is 7.05 Å². The van der Waals surface area contributed by atoms with Crippen LogP contribution in [-0.2, 0) is 13.5 Å². The molecule has 4 nitrogen and oxygen atoms in total. The van der Waals surface area contributed by atoms with E-state index in [-0.39, 0.29) is 5.41 Å². The molecule has 0 bridgehead atoms. The number of aryl methyl sites for hydroxylation is 1. The van der Waals surface area contributed by atoms with Crippen LogP contribution in [0.1, 0.15) is 19.5 Å². The highest BCUT2D eigenvalue weighted by Gasteiger charge is 2.18. The van der Waals surface area contributed by atoms with Gasteiger partial charge < -0.3 is 5.73 Å². The van der Waals surface area contributed by atoms with E-state index >= 15 is 0 Å². The Morgan fingerprint density at radius 3 is 2.67 bits per heavy atom. The standard InChI is InChI=1S/C8H16N4/c1-8(2,6-9)4-7-5-10-11-12(7)3/h5H,4,6,9H2,1-3H3. The maximum absolute atomic E-state index is 5.62. The molecule has 1 heterocycles. The van der Waals surface area contributed by atoms with E-state index in [1.807, 2.05) is 7.05 Å². The van der Waals surface area contributed by atoms with Crippen LogP contribution in [0.4, 0.5) is 0 Å². The Kier molecular flexibility index (Phi) is 2.47. The third-order valence-corrected chi connectivity index (χ3v) is 2.02. The second-order valence-electron chi connectivity index (χ2n) is 3.89. The molecular weight excluding hydrogens is 152 g/mol. The lowest BCUT2D eigenvalue weighted by atomic mass is 9.88. The summed E-state index contributed by atoms with van der Waals surface area (Å²) in [6, 6.07) is 0. The van der Waals surface area contributed by atoms with E-state index in [2.05, 4.69) is 24.2 Å². The van der Waals surface area contributed by atoms with E-state index in [0.717, 1.165) is 12.1 Å². The van der Waals surface area contributed by atoms with Gasteiger partial charge in [0.2, 0.25) is 0 Å². The van der Waals surface area contributed by atoms with Gasteiger partial charge in [-0.2, -0.15) is 0 Å². The Labute approximate surface area is 72.8 Å². The molecule has 2 N–H and O–H groups in total. The van der Waals surface area contributed by atoms with Crippen molar-refractivity contribution in [2.24, 2.45) is 18.2 Å². The second-order valence-corrected chi connectivity index (χ2v) is 3.89. The molecule has 0 aliphatic heterocycles. The normalized spacial score (nSPS) is 12.0. The molecular formula is C8H16N4. The van der Waals surface area contributed by atoms with E-state index in [1.165, 1.54) is 0 Å². The summed E-state index contributed by atoms with van der Waals surface area (Å²) in [5.74, 6) is 0. The first-order valence-corrected chi connectivity index (χ1v) is 4.09. The van der Waals surface area contributed by atoms with E-state index in [0.29, 0.717) is 6.54 Å². The average Bonchev–Trinajstić information content (AvgIpc) is 2.36. The van der Waals surface area contributed by atoms with Crippen LogP contribution in [0.25, 0.3) is 0 Å². The molecule has 0 aliphatic rings. The SMILES string of the molecule is Cn1nncc1CC(C)(C)CN. The Morgan fingerprint density at radius 1 is 1.58 bits per heavy atom. The molecule has 0 amide bonds. The molecule has 12 heavy (non-hydrogen) atoms. The molecule has 0 unspecified atom stereocenters. The summed E-state index contributed by atoms with van der Waals surface area (Å²) in [5.41, 5.74) is 6.89. The zero-order valence-electron chi connectivity index (χ0n) is 7.91. The monoisotopic (exact) mass is 168 g/mol. The van der Waals surface area contributed by atoms with Gasteiger partial charge >= 0.3 is 0 Å². The van der Waals surface area contributed by atoms with Gasteiger partial charge in [0.15, 0.2) is 0 Å². The summed E-state index contributed by atoms with van der Waals surface area (Å²) < 4.78 is 1.79. The first-order chi connectivity index (χ1) is 5.55. The number of hydrogen-bond acceptors (Lipinski definition) is 3. The van der Waals surface area contributed by atoms with Gasteiger partial charge in [-0.05, 0) is 18.4 Å². The number of aromatic nitrogens is 3. The van der Waals surface area contributed by atoms with Gasteiger partial charge in [-0.1, -0.05) is 19.1 Å². The van der Waals surface area contributed by atoms with Crippen LogP contribution in [0.3, 0.4) is 0 Å². The Bertz CT molecular complexity index is 251. The van der Waals surface area contributed by atoms with E-state index < -0.39 is 0 Å². The molecule has 0 saturated carbocycles. The maximum atomic E-state index is 5.62. The topological polar surface area (TPSA) is 56.7 Å². The zero-order chi connectivity index (χ0) is 9.19. The van der Waals surface area contributed by atoms with Gasteiger partial charge in [-0.25, -0.2) is 0 Å². The van der Waals surface area contributed by atoms with Crippen LogP contribution >= 0.6 is 0 Å². The Hall–Kier alpha value is -0.900. The number of hydrogen-bond donors (Lipinski definition) is 1. The highest BCUT2D eigenvalue weighted by atomic mass is 15.4. The molecule has 0 fully saturated rings. The smallest absolute Gasteiger partial charge is 0.0725 e. The Morgan fingerprint density at radius 2 is 2.25 bits per heavy atom. The van der Waals surface area contributed by atoms with Gasteiger partial charge in [0.05, 0.1) is 11.9 Å². The van der Waals surface area contributed by atoms with Crippen LogP contribution in [0.15, 0.2) is 6.20 Å². The van der Waals surface area contributed by atoms with Crippen molar-refractivity contribution in [1.29, 1.82) is 0 Å². The van der Waals surface area contributed by atoms with E-state index in [4.69, 9.17) is 5.73 Å². The Balaban J connectivity index is 2.70. The van der Waals surface area contributed by atoms with Gasteiger partial charge in [0.1, 0.15) is 0 Å². The lowest BCUT2D eigenvalue weighted by Crippen LogP contribution is -2.26. The number of nitrogens with two attached hydrogens (primary N) is 1. The number of nitrogens with zero attached hydrogens (tertiary/aromatic N) is 3. The summed E-state index contributed by atoms with van der Waals surface area (Å²) in [6.07, 6.45) is 2.71. The lowest BCUT2D eigenvalue weighted by Gasteiger charge is -2.21. The fourth-order valence-corrected chi connectivity index (χ4v) is 1.03. The minimum absolute atomic E-state index is 0.134. The van der Waals surface area contributed by atoms with Crippen LogP contribution in [-0.4, -0.2) is 21.5 Å². The highest BCUT2D eigenvalue weighted by Crippen LogP contribution is 2.18. The maximum Gasteiger partial charge on any atom is 0.0725 e. The van der Waals surface area contributed by atoms with Crippen molar-refractivity contribution >= 4 is 0 Å².